The fourth-order valence-corrected chi connectivity index (χ4v) is 27.3. The van der Waals surface area contributed by atoms with E-state index in [0.717, 1.165) is 48.6 Å². The number of aryl methyl sites for hydroxylation is 4. The molecule has 0 aromatic heterocycles. The van der Waals surface area contributed by atoms with Crippen LogP contribution in [0.15, 0.2) is 158 Å². The molecule has 0 aliphatic carbocycles. The van der Waals surface area contributed by atoms with Gasteiger partial charge in [0.05, 0.1) is 90.0 Å². The highest BCUT2D eigenvalue weighted by molar-refractivity contribution is 8.49. The fraction of sp³-hybridized carbons (Fsp3) is 0.467. The lowest BCUT2D eigenvalue weighted by atomic mass is 10.2. The van der Waals surface area contributed by atoms with E-state index < -0.39 is 94.1 Å². The maximum absolute atomic E-state index is 12.2. The normalized spacial score (nSPS) is 11.3. The summed E-state index contributed by atoms with van der Waals surface area (Å²) in [7, 11) is -22.0. The van der Waals surface area contributed by atoms with E-state index in [0.29, 0.717) is 30.1 Å². The Kier molecular flexibility index (Phi) is 80.8. The Morgan fingerprint density at radius 3 is 0.583 bits per heavy atom. The molecular formula is C90H126O30P6S18. The smallest absolute Gasteiger partial charge is 0.367 e. The van der Waals surface area contributed by atoms with Crippen LogP contribution in [0.25, 0.3) is 0 Å². The lowest BCUT2D eigenvalue weighted by Crippen LogP contribution is -2.12. The van der Waals surface area contributed by atoms with Crippen molar-refractivity contribution in [3.8, 4) is 0 Å². The molecule has 6 aromatic rings. The quantitative estimate of drug-likeness (QED) is 0.0119. The van der Waals surface area contributed by atoms with Crippen LogP contribution in [0, 0.1) is 27.7 Å². The van der Waals surface area contributed by atoms with Gasteiger partial charge < -0.3 is 84.2 Å². The minimum atomic E-state index is -4.30. The molecule has 144 heavy (non-hydrogen) atoms. The molecule has 0 saturated carbocycles. The van der Waals surface area contributed by atoms with Gasteiger partial charge in [-0.2, -0.15) is 0 Å². The van der Waals surface area contributed by atoms with Gasteiger partial charge in [0.15, 0.2) is 38.1 Å². The number of carbonyl (C=O) groups is 6. The van der Waals surface area contributed by atoms with Crippen LogP contribution >= 0.6 is 260 Å². The van der Waals surface area contributed by atoms with E-state index in [1.165, 1.54) is 173 Å². The molecule has 6 aromatic carbocycles. The standard InChI is InChI=1S/C17H25O5PS3.3C16H23O5PS3.C13H17O5PS3.C12H15O5PS3/c1-4-21-23(19,22-5-2)13-20-16(18)10-11-25-17(24)26-12-15-8-6-14(3)7-9-15;2*1-4-20-22(18,21-5-2)12-19-15(17)11-25-16(23)24-10-14-8-6-13(3)7-9-14;1-3-20-22(18,21-4-2)13-19-15(17)10-11-24-16(23)25-12-14-8-6-5-7-9-14;1-10-2-4-11(5-3-10)8-22-13(20)21-7-6-12(14)18-9-19(15,16)17;13-11(17-9-18(14,15)16)6-7-20-12(19)21-8-10-4-2-1-3-5-10/h6-9H,4-5,10-13H2,1-3H3;2*6-9H,4-5,10-12H2,1-3H3;5-9H,3-4,10-13H2,1-2H3;2-5H,6-9H2,1H3,(H2,15,16,17);1-5H,6-9H2,(H2,14,15,16). The Morgan fingerprint density at radius 2 is 0.403 bits per heavy atom. The van der Waals surface area contributed by atoms with Crippen LogP contribution in [0.3, 0.4) is 0 Å². The predicted octanol–water partition coefficient (Wildman–Crippen LogP) is 26.8. The monoisotopic (exact) mass is 2450 g/mol. The van der Waals surface area contributed by atoms with Crippen molar-refractivity contribution in [2.45, 2.75) is 143 Å². The molecule has 0 aliphatic rings. The van der Waals surface area contributed by atoms with E-state index in [4.69, 9.17) is 148 Å². The van der Waals surface area contributed by atoms with E-state index >= 15 is 0 Å². The molecule has 0 spiro atoms. The predicted molar refractivity (Wildman–Crippen MR) is 627 cm³/mol. The van der Waals surface area contributed by atoms with Gasteiger partial charge in [0.1, 0.15) is 21.2 Å². The summed E-state index contributed by atoms with van der Waals surface area (Å²) in [5.74, 6) is 3.56. The first-order valence-electron chi connectivity index (χ1n) is 43.9. The zero-order chi connectivity index (χ0) is 108. The van der Waals surface area contributed by atoms with E-state index in [2.05, 4.69) is 101 Å². The van der Waals surface area contributed by atoms with Gasteiger partial charge in [-0.15, -0.1) is 118 Å². The van der Waals surface area contributed by atoms with Crippen molar-refractivity contribution in [1.29, 1.82) is 0 Å². The van der Waals surface area contributed by atoms with Gasteiger partial charge >= 0.3 is 81.4 Å². The Balaban J connectivity index is 0.000000865. The molecule has 804 valence electrons. The van der Waals surface area contributed by atoms with Crippen LogP contribution in [0.1, 0.15) is 137 Å². The van der Waals surface area contributed by atoms with Crippen LogP contribution < -0.4 is 0 Å². The highest BCUT2D eigenvalue weighted by atomic mass is 32.3. The maximum Gasteiger partial charge on any atom is 0.367 e. The first kappa shape index (κ1) is 140. The number of rotatable bonds is 56. The van der Waals surface area contributed by atoms with E-state index in [1.54, 1.807) is 78.9 Å². The molecular weight excluding hydrogens is 2320 g/mol. The first-order valence-corrected chi connectivity index (χ1v) is 68.7. The van der Waals surface area contributed by atoms with Gasteiger partial charge in [-0.25, -0.2) is 0 Å². The Morgan fingerprint density at radius 1 is 0.236 bits per heavy atom. The van der Waals surface area contributed by atoms with Crippen molar-refractivity contribution in [3.63, 3.8) is 0 Å². The molecule has 0 heterocycles. The summed E-state index contributed by atoms with van der Waals surface area (Å²) in [6, 6.07) is 52.9. The SMILES string of the molecule is CCOP(=O)(COC(=O)CCSC(=S)SCc1ccc(C)cc1)OCC.CCOP(=O)(COC(=O)CCSC(=S)SCc1ccccc1)OCC.CCOP(=O)(COC(=O)CSC(=S)SCc1ccc(C)cc1)OCC.CCOP(=O)(COC(=O)CSC(=S)SCc1ccc(C)cc1)OCC.Cc1ccc(CSC(=S)SCCC(=O)OCP(=O)(O)O)cc1.O=C(CCSC(=S)SCc1ccccc1)OCP(=O)(O)O. The average Bonchev–Trinajstić information content (AvgIpc) is 0.881. The second-order valence-electron chi connectivity index (χ2n) is 28.1. The lowest BCUT2D eigenvalue weighted by molar-refractivity contribution is -0.142. The summed E-state index contributed by atoms with van der Waals surface area (Å²) in [5.41, 5.74) is 12.0. The molecule has 6 rings (SSSR count). The number of thioether (sulfide) groups is 12. The van der Waals surface area contributed by atoms with Gasteiger partial charge in [0.25, 0.3) is 0 Å². The molecule has 0 atom stereocenters. The highest BCUT2D eigenvalue weighted by Crippen LogP contribution is 2.51. The Hall–Kier alpha value is -2.22. The summed E-state index contributed by atoms with van der Waals surface area (Å²) in [6.45, 7) is 23.6. The second-order valence-corrected chi connectivity index (χ2v) is 58.7. The molecule has 4 N–H and O–H groups in total. The van der Waals surface area contributed by atoms with Gasteiger partial charge in [-0.1, -0.05) is 277 Å². The van der Waals surface area contributed by atoms with Crippen molar-refractivity contribution in [2.24, 2.45) is 0 Å². The fourth-order valence-electron chi connectivity index (χ4n) is 9.40. The Labute approximate surface area is 930 Å². The minimum absolute atomic E-state index is 0.0654. The number of ether oxygens (including phenoxy) is 6. The third-order valence-corrected chi connectivity index (χ3v) is 40.5. The topological polar surface area (TPSA) is 415 Å². The molecule has 0 radical (unpaired) electrons. The molecule has 0 fully saturated rings. The number of hydrogen-bond acceptors (Lipinski definition) is 44. The van der Waals surface area contributed by atoms with Crippen LogP contribution in [0.5, 0.6) is 0 Å². The number of benzene rings is 6. The molecule has 0 amide bonds. The second kappa shape index (κ2) is 83.2. The number of hydrogen-bond donors (Lipinski definition) is 4. The van der Waals surface area contributed by atoms with E-state index in [9.17, 15) is 56.2 Å². The lowest BCUT2D eigenvalue weighted by Gasteiger charge is -2.16. The largest absolute Gasteiger partial charge is 0.453 e. The van der Waals surface area contributed by atoms with E-state index in [-0.39, 0.29) is 115 Å². The van der Waals surface area contributed by atoms with Crippen molar-refractivity contribution >= 4 is 317 Å². The molecule has 0 bridgehead atoms. The molecule has 54 heteroatoms. The Bertz CT molecular complexity index is 4960. The summed E-state index contributed by atoms with van der Waals surface area (Å²) in [6.07, 6.45) is -2.70. The van der Waals surface area contributed by atoms with Gasteiger partial charge in [0.2, 0.25) is 0 Å². The van der Waals surface area contributed by atoms with Crippen molar-refractivity contribution in [1.82, 2.24) is 0 Å². The number of carbonyl (C=O) groups excluding carboxylic acids is 6. The van der Waals surface area contributed by atoms with E-state index in [1.807, 2.05) is 93.6 Å². The van der Waals surface area contributed by atoms with Gasteiger partial charge in [-0.05, 0) is 116 Å². The molecule has 0 unspecified atom stereocenters. The minimum Gasteiger partial charge on any atom is -0.453 e. The number of esters is 6. The first-order chi connectivity index (χ1) is 68.3. The van der Waals surface area contributed by atoms with Crippen LogP contribution in [-0.4, -0.2) is 202 Å². The summed E-state index contributed by atoms with van der Waals surface area (Å²) >= 11 is 48.7. The third-order valence-electron chi connectivity index (χ3n) is 16.0. The zero-order valence-electron chi connectivity index (χ0n) is 81.7. The van der Waals surface area contributed by atoms with Gasteiger partial charge in [-0.3, -0.25) is 56.2 Å². The van der Waals surface area contributed by atoms with Crippen molar-refractivity contribution in [3.05, 3.63) is 213 Å². The zero-order valence-corrected chi connectivity index (χ0v) is 102. The van der Waals surface area contributed by atoms with Gasteiger partial charge in [0, 0.05) is 57.5 Å². The van der Waals surface area contributed by atoms with Crippen molar-refractivity contribution in [2.75, 3.05) is 125 Å². The summed E-state index contributed by atoms with van der Waals surface area (Å²) < 4.78 is 144. The van der Waals surface area contributed by atoms with Crippen molar-refractivity contribution < 1.29 is 140 Å². The van der Waals surface area contributed by atoms with Crippen LogP contribution in [-0.2, 0) is 155 Å². The number of thiocarbonyl (C=S) groups is 6. The van der Waals surface area contributed by atoms with Crippen LogP contribution in [0.2, 0.25) is 0 Å². The summed E-state index contributed by atoms with van der Waals surface area (Å²) in [4.78, 5) is 104. The maximum atomic E-state index is 12.2. The molecule has 30 nitrogen and oxygen atoms in total. The molecule has 0 saturated heterocycles. The summed E-state index contributed by atoms with van der Waals surface area (Å²) in [5, 5.41) is 0. The molecule has 0 aliphatic heterocycles. The van der Waals surface area contributed by atoms with Crippen LogP contribution in [0.4, 0.5) is 0 Å². The average molecular weight is 2450 g/mol. The highest BCUT2D eigenvalue weighted by Gasteiger charge is 2.31. The third kappa shape index (κ3) is 78.0.